The Kier molecular flexibility index (Phi) is 4.06. The van der Waals surface area contributed by atoms with Gasteiger partial charge in [-0.2, -0.15) is 0 Å². The molecule has 0 radical (unpaired) electrons. The molecule has 136 valence electrons. The normalized spacial score (nSPS) is 11.0. The van der Waals surface area contributed by atoms with Crippen molar-refractivity contribution in [3.05, 3.63) is 90.8 Å². The SMILES string of the molecule is c1ccc(-n2cc(COc3ccc(-c4nc5ccccc5[nH]4)cc3)nn2)cc1. The number of aromatic amines is 1. The minimum atomic E-state index is 0.358. The first-order valence-corrected chi connectivity index (χ1v) is 9.00. The third kappa shape index (κ3) is 3.23. The second-order valence-electron chi connectivity index (χ2n) is 6.41. The minimum Gasteiger partial charge on any atom is -0.487 e. The van der Waals surface area contributed by atoms with Crippen LogP contribution < -0.4 is 4.74 Å². The molecule has 3 aromatic carbocycles. The van der Waals surface area contributed by atoms with Crippen LogP contribution in [0.2, 0.25) is 0 Å². The maximum atomic E-state index is 5.84. The van der Waals surface area contributed by atoms with E-state index in [9.17, 15) is 0 Å². The number of ether oxygens (including phenoxy) is 1. The van der Waals surface area contributed by atoms with Crippen LogP contribution in [-0.4, -0.2) is 25.0 Å². The molecule has 0 saturated heterocycles. The van der Waals surface area contributed by atoms with Gasteiger partial charge in [0.05, 0.1) is 22.9 Å². The van der Waals surface area contributed by atoms with Crippen LogP contribution in [0, 0.1) is 0 Å². The topological polar surface area (TPSA) is 68.6 Å². The van der Waals surface area contributed by atoms with Gasteiger partial charge in [-0.3, -0.25) is 0 Å². The Bertz CT molecular complexity index is 1180. The molecular weight excluding hydrogens is 350 g/mol. The Labute approximate surface area is 161 Å². The smallest absolute Gasteiger partial charge is 0.138 e. The van der Waals surface area contributed by atoms with Gasteiger partial charge in [-0.05, 0) is 48.5 Å². The van der Waals surface area contributed by atoms with Gasteiger partial charge in [0, 0.05) is 5.56 Å². The Hall–Kier alpha value is -3.93. The number of imidazole rings is 1. The van der Waals surface area contributed by atoms with Crippen LogP contribution in [0.3, 0.4) is 0 Å². The Morgan fingerprint density at radius 3 is 2.46 bits per heavy atom. The second-order valence-corrected chi connectivity index (χ2v) is 6.41. The highest BCUT2D eigenvalue weighted by Gasteiger charge is 2.06. The van der Waals surface area contributed by atoms with Crippen molar-refractivity contribution in [2.24, 2.45) is 0 Å². The van der Waals surface area contributed by atoms with Gasteiger partial charge < -0.3 is 9.72 Å². The zero-order chi connectivity index (χ0) is 18.8. The summed E-state index contributed by atoms with van der Waals surface area (Å²) in [5, 5.41) is 8.32. The Balaban J connectivity index is 1.27. The largest absolute Gasteiger partial charge is 0.487 e. The summed E-state index contributed by atoms with van der Waals surface area (Å²) in [6, 6.07) is 25.7. The summed E-state index contributed by atoms with van der Waals surface area (Å²) in [6.45, 7) is 0.358. The highest BCUT2D eigenvalue weighted by molar-refractivity contribution is 5.79. The number of aromatic nitrogens is 5. The van der Waals surface area contributed by atoms with Crippen LogP contribution in [0.5, 0.6) is 5.75 Å². The second kappa shape index (κ2) is 7.00. The average molecular weight is 367 g/mol. The van der Waals surface area contributed by atoms with Gasteiger partial charge in [0.25, 0.3) is 0 Å². The van der Waals surface area contributed by atoms with Crippen molar-refractivity contribution in [3.63, 3.8) is 0 Å². The Morgan fingerprint density at radius 1 is 0.857 bits per heavy atom. The molecule has 5 rings (SSSR count). The summed E-state index contributed by atoms with van der Waals surface area (Å²) in [4.78, 5) is 7.95. The van der Waals surface area contributed by atoms with E-state index in [2.05, 4.69) is 20.3 Å². The number of para-hydroxylation sites is 3. The van der Waals surface area contributed by atoms with Gasteiger partial charge in [-0.25, -0.2) is 9.67 Å². The summed E-state index contributed by atoms with van der Waals surface area (Å²) >= 11 is 0. The van der Waals surface area contributed by atoms with Crippen molar-refractivity contribution in [2.45, 2.75) is 6.61 Å². The average Bonchev–Trinajstić information content (AvgIpc) is 3.40. The molecule has 2 aromatic heterocycles. The van der Waals surface area contributed by atoms with E-state index in [0.29, 0.717) is 6.61 Å². The maximum Gasteiger partial charge on any atom is 0.138 e. The van der Waals surface area contributed by atoms with Crippen LogP contribution >= 0.6 is 0 Å². The summed E-state index contributed by atoms with van der Waals surface area (Å²) in [6.07, 6.45) is 1.87. The molecule has 5 aromatic rings. The summed E-state index contributed by atoms with van der Waals surface area (Å²) in [5.41, 5.74) is 4.74. The molecule has 6 heteroatoms. The lowest BCUT2D eigenvalue weighted by molar-refractivity contribution is 0.301. The van der Waals surface area contributed by atoms with Crippen LogP contribution in [-0.2, 0) is 6.61 Å². The fourth-order valence-electron chi connectivity index (χ4n) is 3.03. The van der Waals surface area contributed by atoms with Crippen molar-refractivity contribution >= 4 is 11.0 Å². The first-order chi connectivity index (χ1) is 13.8. The van der Waals surface area contributed by atoms with Crippen LogP contribution in [0.25, 0.3) is 28.1 Å². The van der Waals surface area contributed by atoms with E-state index in [1.165, 1.54) is 0 Å². The number of nitrogens with zero attached hydrogens (tertiary/aromatic N) is 4. The standard InChI is InChI=1S/C22H17N5O/c1-2-6-18(7-3-1)27-14-17(25-26-27)15-28-19-12-10-16(11-13-19)22-23-20-8-4-5-9-21(20)24-22/h1-14H,15H2,(H,23,24). The molecule has 0 unspecified atom stereocenters. The maximum absolute atomic E-state index is 5.84. The highest BCUT2D eigenvalue weighted by atomic mass is 16.5. The Morgan fingerprint density at radius 2 is 1.64 bits per heavy atom. The first kappa shape index (κ1) is 16.3. The molecule has 28 heavy (non-hydrogen) atoms. The molecule has 0 fully saturated rings. The minimum absolute atomic E-state index is 0.358. The zero-order valence-electron chi connectivity index (χ0n) is 15.0. The molecule has 1 N–H and O–H groups in total. The summed E-state index contributed by atoms with van der Waals surface area (Å²) in [5.74, 6) is 1.62. The van der Waals surface area contributed by atoms with E-state index < -0.39 is 0 Å². The lowest BCUT2D eigenvalue weighted by Gasteiger charge is -2.04. The van der Waals surface area contributed by atoms with E-state index in [4.69, 9.17) is 4.74 Å². The van der Waals surface area contributed by atoms with Crippen molar-refractivity contribution in [1.29, 1.82) is 0 Å². The zero-order valence-corrected chi connectivity index (χ0v) is 15.0. The van der Waals surface area contributed by atoms with Crippen molar-refractivity contribution < 1.29 is 4.74 Å². The first-order valence-electron chi connectivity index (χ1n) is 9.00. The number of hydrogen-bond donors (Lipinski definition) is 1. The highest BCUT2D eigenvalue weighted by Crippen LogP contribution is 2.23. The molecule has 0 aliphatic rings. The number of fused-ring (bicyclic) bond motifs is 1. The van der Waals surface area contributed by atoms with E-state index >= 15 is 0 Å². The van der Waals surface area contributed by atoms with E-state index in [1.807, 2.05) is 85.1 Å². The number of H-pyrrole nitrogens is 1. The predicted molar refractivity (Wildman–Crippen MR) is 107 cm³/mol. The van der Waals surface area contributed by atoms with E-state index in [1.54, 1.807) is 4.68 Å². The molecule has 0 spiro atoms. The third-order valence-corrected chi connectivity index (χ3v) is 4.47. The van der Waals surface area contributed by atoms with Crippen molar-refractivity contribution in [3.8, 4) is 22.8 Å². The van der Waals surface area contributed by atoms with Crippen LogP contribution in [0.15, 0.2) is 85.1 Å². The molecule has 6 nitrogen and oxygen atoms in total. The molecule has 0 atom stereocenters. The van der Waals surface area contributed by atoms with Gasteiger partial charge in [-0.15, -0.1) is 5.10 Å². The lowest BCUT2D eigenvalue weighted by atomic mass is 10.2. The van der Waals surface area contributed by atoms with E-state index in [0.717, 1.165) is 39.6 Å². The van der Waals surface area contributed by atoms with Crippen molar-refractivity contribution in [2.75, 3.05) is 0 Å². The number of rotatable bonds is 5. The quantitative estimate of drug-likeness (QED) is 0.500. The van der Waals surface area contributed by atoms with Gasteiger partial charge in [-0.1, -0.05) is 35.5 Å². The molecule has 0 aliphatic heterocycles. The number of hydrogen-bond acceptors (Lipinski definition) is 4. The van der Waals surface area contributed by atoms with E-state index in [-0.39, 0.29) is 0 Å². The van der Waals surface area contributed by atoms with Gasteiger partial charge >= 0.3 is 0 Å². The monoisotopic (exact) mass is 367 g/mol. The van der Waals surface area contributed by atoms with Crippen LogP contribution in [0.4, 0.5) is 0 Å². The fourth-order valence-corrected chi connectivity index (χ4v) is 3.03. The van der Waals surface area contributed by atoms with Gasteiger partial charge in [0.2, 0.25) is 0 Å². The van der Waals surface area contributed by atoms with Gasteiger partial charge in [0.1, 0.15) is 23.9 Å². The molecule has 0 bridgehead atoms. The molecule has 0 saturated carbocycles. The van der Waals surface area contributed by atoms with Crippen LogP contribution in [0.1, 0.15) is 5.69 Å². The summed E-state index contributed by atoms with van der Waals surface area (Å²) in [7, 11) is 0. The number of nitrogens with one attached hydrogen (secondary N) is 1. The molecule has 0 aliphatic carbocycles. The fraction of sp³-hybridized carbons (Fsp3) is 0.0455. The lowest BCUT2D eigenvalue weighted by Crippen LogP contribution is -1.96. The van der Waals surface area contributed by atoms with Crippen molar-refractivity contribution in [1.82, 2.24) is 25.0 Å². The molecular formula is C22H17N5O. The summed E-state index contributed by atoms with van der Waals surface area (Å²) < 4.78 is 7.58. The molecule has 2 heterocycles. The number of benzene rings is 3. The molecule has 0 amide bonds. The third-order valence-electron chi connectivity index (χ3n) is 4.47. The predicted octanol–water partition coefficient (Wildman–Crippen LogP) is 4.39. The van der Waals surface area contributed by atoms with Gasteiger partial charge in [0.15, 0.2) is 0 Å².